The number of benzene rings is 2. The van der Waals surface area contributed by atoms with Crippen molar-refractivity contribution in [3.63, 3.8) is 0 Å². The summed E-state index contributed by atoms with van der Waals surface area (Å²) in [6, 6.07) is 13.5. The molecule has 0 saturated carbocycles. The van der Waals surface area contributed by atoms with Crippen molar-refractivity contribution in [1.29, 1.82) is 0 Å². The summed E-state index contributed by atoms with van der Waals surface area (Å²) < 4.78 is 26.7. The molecule has 2 aromatic rings. The van der Waals surface area contributed by atoms with Crippen LogP contribution < -0.4 is 9.62 Å². The Morgan fingerprint density at radius 3 is 2.19 bits per heavy atom. The van der Waals surface area contributed by atoms with Crippen LogP contribution in [0.5, 0.6) is 0 Å². The average molecular weight is 524 g/mol. The minimum Gasteiger partial charge on any atom is -0.352 e. The van der Waals surface area contributed by atoms with E-state index in [1.54, 1.807) is 31.2 Å². The molecule has 0 aromatic heterocycles. The number of rotatable bonds is 9. The van der Waals surface area contributed by atoms with E-state index in [1.165, 1.54) is 4.90 Å². The fourth-order valence-corrected chi connectivity index (χ4v) is 4.69. The lowest BCUT2D eigenvalue weighted by Crippen LogP contribution is -2.52. The number of sulfonamides is 1. The number of nitrogens with one attached hydrogen (secondary N) is 1. The van der Waals surface area contributed by atoms with E-state index in [-0.39, 0.29) is 18.5 Å². The molecule has 9 heteroatoms. The highest BCUT2D eigenvalue weighted by atomic mass is 79.9. The topological polar surface area (TPSA) is 86.8 Å². The fourth-order valence-electron chi connectivity index (χ4n) is 3.21. The van der Waals surface area contributed by atoms with Crippen LogP contribution in [0.1, 0.15) is 31.9 Å². The van der Waals surface area contributed by atoms with E-state index in [0.29, 0.717) is 10.2 Å². The Morgan fingerprint density at radius 2 is 1.62 bits per heavy atom. The van der Waals surface area contributed by atoms with Gasteiger partial charge in [0, 0.05) is 17.1 Å². The van der Waals surface area contributed by atoms with Crippen molar-refractivity contribution in [3.05, 3.63) is 64.1 Å². The molecule has 0 fully saturated rings. The van der Waals surface area contributed by atoms with Gasteiger partial charge in [0.15, 0.2) is 0 Å². The van der Waals surface area contributed by atoms with Gasteiger partial charge in [-0.2, -0.15) is 0 Å². The summed E-state index contributed by atoms with van der Waals surface area (Å²) in [6.07, 6.45) is 1.06. The van der Waals surface area contributed by atoms with Crippen molar-refractivity contribution < 1.29 is 18.0 Å². The fraction of sp³-hybridized carbons (Fsp3) is 0.391. The van der Waals surface area contributed by atoms with Crippen LogP contribution in [0, 0.1) is 6.92 Å². The second-order valence-electron chi connectivity index (χ2n) is 8.01. The monoisotopic (exact) mass is 523 g/mol. The van der Waals surface area contributed by atoms with Crippen LogP contribution in [0.4, 0.5) is 5.69 Å². The number of halogens is 1. The normalized spacial score (nSPS) is 12.3. The zero-order chi connectivity index (χ0) is 24.1. The van der Waals surface area contributed by atoms with E-state index in [2.05, 4.69) is 21.2 Å². The lowest BCUT2D eigenvalue weighted by Gasteiger charge is -2.32. The first-order valence-electron chi connectivity index (χ1n) is 10.3. The third kappa shape index (κ3) is 6.80. The van der Waals surface area contributed by atoms with Gasteiger partial charge < -0.3 is 10.2 Å². The van der Waals surface area contributed by atoms with Gasteiger partial charge in [-0.05, 0) is 66.9 Å². The zero-order valence-corrected chi connectivity index (χ0v) is 21.4. The van der Waals surface area contributed by atoms with Crippen molar-refractivity contribution in [2.75, 3.05) is 17.1 Å². The van der Waals surface area contributed by atoms with Gasteiger partial charge in [0.2, 0.25) is 21.8 Å². The molecule has 1 N–H and O–H groups in total. The van der Waals surface area contributed by atoms with E-state index in [0.717, 1.165) is 21.7 Å². The predicted octanol–water partition coefficient (Wildman–Crippen LogP) is 3.47. The highest BCUT2D eigenvalue weighted by Gasteiger charge is 2.31. The first kappa shape index (κ1) is 25.9. The largest absolute Gasteiger partial charge is 0.352 e. The number of carbonyl (C=O) groups excluding carboxylic acids is 2. The van der Waals surface area contributed by atoms with Gasteiger partial charge in [0.05, 0.1) is 11.9 Å². The Kier molecular flexibility index (Phi) is 8.86. The third-order valence-corrected chi connectivity index (χ3v) is 6.80. The summed E-state index contributed by atoms with van der Waals surface area (Å²) in [5.74, 6) is -0.769. The highest BCUT2D eigenvalue weighted by Crippen LogP contribution is 2.28. The Morgan fingerprint density at radius 1 is 1.03 bits per heavy atom. The van der Waals surface area contributed by atoms with Crippen molar-refractivity contribution in [2.24, 2.45) is 0 Å². The van der Waals surface area contributed by atoms with Gasteiger partial charge in [0.25, 0.3) is 0 Å². The van der Waals surface area contributed by atoms with E-state index < -0.39 is 28.5 Å². The molecule has 0 aliphatic heterocycles. The Bertz CT molecular complexity index is 1070. The quantitative estimate of drug-likeness (QED) is 0.545. The number of hydrogen-bond donors (Lipinski definition) is 1. The molecular formula is C23H30BrN3O4S. The van der Waals surface area contributed by atoms with Gasteiger partial charge in [-0.3, -0.25) is 13.9 Å². The Balaban J connectivity index is 2.42. The van der Waals surface area contributed by atoms with E-state index in [9.17, 15) is 18.0 Å². The lowest BCUT2D eigenvalue weighted by molar-refractivity contribution is -0.139. The summed E-state index contributed by atoms with van der Waals surface area (Å²) in [4.78, 5) is 27.6. The molecule has 0 bridgehead atoms. The van der Waals surface area contributed by atoms with E-state index in [1.807, 2.05) is 45.0 Å². The van der Waals surface area contributed by atoms with Gasteiger partial charge in [0.1, 0.15) is 12.6 Å². The van der Waals surface area contributed by atoms with E-state index >= 15 is 0 Å². The number of nitrogens with zero attached hydrogens (tertiary/aromatic N) is 2. The summed E-state index contributed by atoms with van der Waals surface area (Å²) in [5.41, 5.74) is 2.22. The van der Waals surface area contributed by atoms with Crippen molar-refractivity contribution in [3.8, 4) is 0 Å². The molecule has 0 aliphatic rings. The maximum Gasteiger partial charge on any atom is 0.244 e. The number of hydrogen-bond acceptors (Lipinski definition) is 4. The molecule has 0 heterocycles. The maximum absolute atomic E-state index is 13.5. The standard InChI is InChI=1S/C23H30BrN3O4S/c1-16(2)25-23(29)18(4)26(14-19-11-7-6-10-17(19)3)22(28)15-27(32(5,30)31)21-13-9-8-12-20(21)24/h6-13,16,18H,14-15H2,1-5H3,(H,25,29). The molecule has 1 unspecified atom stereocenters. The number of para-hydroxylation sites is 1. The number of aryl methyl sites for hydroxylation is 1. The summed E-state index contributed by atoms with van der Waals surface area (Å²) in [6.45, 7) is 7.03. The molecule has 2 amide bonds. The van der Waals surface area contributed by atoms with Crippen LogP contribution in [-0.2, 0) is 26.2 Å². The molecule has 32 heavy (non-hydrogen) atoms. The molecule has 1 atom stereocenters. The maximum atomic E-state index is 13.5. The van der Waals surface area contributed by atoms with Crippen LogP contribution in [0.3, 0.4) is 0 Å². The summed E-state index contributed by atoms with van der Waals surface area (Å²) >= 11 is 3.36. The zero-order valence-electron chi connectivity index (χ0n) is 19.0. The molecule has 0 saturated heterocycles. The molecule has 0 radical (unpaired) electrons. The summed E-state index contributed by atoms with van der Waals surface area (Å²) in [7, 11) is -3.76. The van der Waals surface area contributed by atoms with Crippen LogP contribution >= 0.6 is 15.9 Å². The van der Waals surface area contributed by atoms with Crippen LogP contribution in [0.25, 0.3) is 0 Å². The smallest absolute Gasteiger partial charge is 0.244 e. The summed E-state index contributed by atoms with van der Waals surface area (Å²) in [5, 5.41) is 2.83. The molecule has 2 rings (SSSR count). The second-order valence-corrected chi connectivity index (χ2v) is 10.8. The van der Waals surface area contributed by atoms with Crippen LogP contribution in [-0.4, -0.2) is 50.0 Å². The molecule has 0 spiro atoms. The lowest BCUT2D eigenvalue weighted by atomic mass is 10.1. The van der Waals surface area contributed by atoms with Crippen LogP contribution in [0.2, 0.25) is 0 Å². The SMILES string of the molecule is Cc1ccccc1CN(C(=O)CN(c1ccccc1Br)S(C)(=O)=O)C(C)C(=O)NC(C)C. The number of anilines is 1. The molecular weight excluding hydrogens is 494 g/mol. The predicted molar refractivity (Wildman–Crippen MR) is 131 cm³/mol. The molecule has 7 nitrogen and oxygen atoms in total. The molecule has 2 aromatic carbocycles. The third-order valence-electron chi connectivity index (χ3n) is 5.00. The van der Waals surface area contributed by atoms with Gasteiger partial charge in [-0.25, -0.2) is 8.42 Å². The van der Waals surface area contributed by atoms with Gasteiger partial charge >= 0.3 is 0 Å². The van der Waals surface area contributed by atoms with Crippen molar-refractivity contribution in [1.82, 2.24) is 10.2 Å². The Labute approximate surface area is 199 Å². The number of amides is 2. The minimum absolute atomic E-state index is 0.0897. The van der Waals surface area contributed by atoms with Crippen molar-refractivity contribution in [2.45, 2.75) is 46.3 Å². The molecule has 174 valence electrons. The van der Waals surface area contributed by atoms with Crippen molar-refractivity contribution >= 4 is 43.5 Å². The average Bonchev–Trinajstić information content (AvgIpc) is 2.70. The number of carbonyl (C=O) groups is 2. The van der Waals surface area contributed by atoms with Crippen LogP contribution in [0.15, 0.2) is 53.0 Å². The first-order valence-corrected chi connectivity index (χ1v) is 12.9. The molecule has 0 aliphatic carbocycles. The first-order chi connectivity index (χ1) is 14.9. The van der Waals surface area contributed by atoms with E-state index in [4.69, 9.17) is 0 Å². The minimum atomic E-state index is -3.76. The highest BCUT2D eigenvalue weighted by molar-refractivity contribution is 9.10. The second kappa shape index (κ2) is 11.0. The van der Waals surface area contributed by atoms with Gasteiger partial charge in [-0.1, -0.05) is 36.4 Å². The Hall–Kier alpha value is -2.39. The van der Waals surface area contributed by atoms with Gasteiger partial charge in [-0.15, -0.1) is 0 Å².